The lowest BCUT2D eigenvalue weighted by Gasteiger charge is -2.32. The molecular weight excluding hydrogens is 479 g/mol. The van der Waals surface area contributed by atoms with Crippen molar-refractivity contribution in [1.82, 2.24) is 20.2 Å². The summed E-state index contributed by atoms with van der Waals surface area (Å²) in [6, 6.07) is 7.44. The van der Waals surface area contributed by atoms with E-state index in [1.165, 1.54) is 0 Å². The Bertz CT molecular complexity index is 902. The van der Waals surface area contributed by atoms with Gasteiger partial charge >= 0.3 is 5.97 Å². The molecule has 34 heavy (non-hydrogen) atoms. The van der Waals surface area contributed by atoms with Crippen molar-refractivity contribution >= 4 is 42.6 Å². The highest BCUT2D eigenvalue weighted by Crippen LogP contribution is 2.23. The van der Waals surface area contributed by atoms with E-state index >= 15 is 0 Å². The largest absolute Gasteiger partial charge is 0.465 e. The van der Waals surface area contributed by atoms with E-state index in [2.05, 4.69) is 15.3 Å². The number of ether oxygens (including phenoxy) is 1. The molecule has 0 unspecified atom stereocenters. The SMILES string of the molecule is CCOC(=O)[C@@H](CNC(=O)CN1CCC[C@@H](CCc2ccncc2)C1=O)c1cccnc1.Cl.Cl. The fraction of sp³-hybridized carbons (Fsp3) is 0.458. The van der Waals surface area contributed by atoms with Crippen molar-refractivity contribution in [3.05, 3.63) is 60.2 Å². The summed E-state index contributed by atoms with van der Waals surface area (Å²) in [5.41, 5.74) is 1.83. The third kappa shape index (κ3) is 8.57. The lowest BCUT2D eigenvalue weighted by Crippen LogP contribution is -2.47. The van der Waals surface area contributed by atoms with E-state index in [-0.39, 0.29) is 62.2 Å². The van der Waals surface area contributed by atoms with Gasteiger partial charge in [0.2, 0.25) is 11.8 Å². The van der Waals surface area contributed by atoms with E-state index in [4.69, 9.17) is 4.74 Å². The first-order chi connectivity index (χ1) is 15.6. The monoisotopic (exact) mass is 510 g/mol. The minimum absolute atomic E-state index is 0. The molecule has 1 saturated heterocycles. The molecule has 3 rings (SSSR count). The van der Waals surface area contributed by atoms with Gasteiger partial charge in [0.05, 0.1) is 13.2 Å². The molecule has 0 saturated carbocycles. The van der Waals surface area contributed by atoms with Gasteiger partial charge in [0.25, 0.3) is 0 Å². The van der Waals surface area contributed by atoms with Gasteiger partial charge in [-0.25, -0.2) is 0 Å². The number of amides is 2. The number of rotatable bonds is 10. The summed E-state index contributed by atoms with van der Waals surface area (Å²) < 4.78 is 5.15. The Morgan fingerprint density at radius 1 is 1.18 bits per heavy atom. The molecule has 0 aliphatic carbocycles. The van der Waals surface area contributed by atoms with Crippen LogP contribution in [0.3, 0.4) is 0 Å². The molecular formula is C24H32Cl2N4O4. The van der Waals surface area contributed by atoms with Gasteiger partial charge in [-0.1, -0.05) is 6.07 Å². The Morgan fingerprint density at radius 2 is 1.94 bits per heavy atom. The summed E-state index contributed by atoms with van der Waals surface area (Å²) in [5.74, 6) is -1.39. The second-order valence-electron chi connectivity index (χ2n) is 7.89. The summed E-state index contributed by atoms with van der Waals surface area (Å²) >= 11 is 0. The van der Waals surface area contributed by atoms with Crippen molar-refractivity contribution in [2.24, 2.45) is 5.92 Å². The van der Waals surface area contributed by atoms with Crippen LogP contribution in [-0.2, 0) is 25.5 Å². The quantitative estimate of drug-likeness (QED) is 0.493. The zero-order chi connectivity index (χ0) is 22.8. The molecule has 2 amide bonds. The number of piperidine rings is 1. The van der Waals surface area contributed by atoms with Crippen LogP contribution in [0.2, 0.25) is 0 Å². The number of carbonyl (C=O) groups excluding carboxylic acids is 3. The van der Waals surface area contributed by atoms with Crippen LogP contribution < -0.4 is 5.32 Å². The maximum absolute atomic E-state index is 12.9. The fourth-order valence-corrected chi connectivity index (χ4v) is 3.94. The smallest absolute Gasteiger partial charge is 0.315 e. The highest BCUT2D eigenvalue weighted by molar-refractivity contribution is 5.87. The fourth-order valence-electron chi connectivity index (χ4n) is 3.94. The Kier molecular flexibility index (Phi) is 13.1. The lowest BCUT2D eigenvalue weighted by atomic mass is 9.91. The normalized spacial score (nSPS) is 16.0. The summed E-state index contributed by atoms with van der Waals surface area (Å²) in [5, 5.41) is 2.79. The molecule has 10 heteroatoms. The molecule has 1 fully saturated rings. The Balaban J connectivity index is 0.00000289. The highest BCUT2D eigenvalue weighted by atomic mass is 35.5. The molecule has 0 aromatic carbocycles. The van der Waals surface area contributed by atoms with E-state index < -0.39 is 11.9 Å². The minimum Gasteiger partial charge on any atom is -0.465 e. The number of halogens is 2. The number of nitrogens with one attached hydrogen (secondary N) is 1. The number of likely N-dealkylation sites (tertiary alicyclic amines) is 1. The topological polar surface area (TPSA) is 101 Å². The number of aryl methyl sites for hydroxylation is 1. The maximum atomic E-state index is 12.9. The number of nitrogens with zero attached hydrogens (tertiary/aromatic N) is 3. The van der Waals surface area contributed by atoms with Gasteiger partial charge < -0.3 is 15.0 Å². The molecule has 1 aliphatic rings. The first-order valence-electron chi connectivity index (χ1n) is 11.1. The summed E-state index contributed by atoms with van der Waals surface area (Å²) in [7, 11) is 0. The molecule has 186 valence electrons. The van der Waals surface area contributed by atoms with Crippen molar-refractivity contribution in [1.29, 1.82) is 0 Å². The standard InChI is InChI=1S/C24H30N4O4.2ClH/c1-2-32-24(31)21(20-5-3-11-26-15-20)16-27-22(29)17-28-14-4-6-19(23(28)30)8-7-18-9-12-25-13-10-18;;/h3,5,9-13,15,19,21H,2,4,6-8,14,16-17H2,1H3,(H,27,29);2*1H/t19-,21-;;/m0../s1. The van der Waals surface area contributed by atoms with Crippen molar-refractivity contribution < 1.29 is 19.1 Å². The van der Waals surface area contributed by atoms with Crippen molar-refractivity contribution in [3.63, 3.8) is 0 Å². The van der Waals surface area contributed by atoms with E-state index in [1.807, 2.05) is 12.1 Å². The highest BCUT2D eigenvalue weighted by Gasteiger charge is 2.30. The molecule has 1 aliphatic heterocycles. The van der Waals surface area contributed by atoms with Crippen LogP contribution in [0, 0.1) is 5.92 Å². The number of hydrogen-bond acceptors (Lipinski definition) is 6. The molecule has 0 bridgehead atoms. The van der Waals surface area contributed by atoms with E-state index in [1.54, 1.807) is 48.7 Å². The first-order valence-corrected chi connectivity index (χ1v) is 11.1. The number of pyridine rings is 2. The van der Waals surface area contributed by atoms with Crippen LogP contribution in [0.15, 0.2) is 49.1 Å². The zero-order valence-corrected chi connectivity index (χ0v) is 20.9. The van der Waals surface area contributed by atoms with Gasteiger partial charge in [0.15, 0.2) is 0 Å². The van der Waals surface area contributed by atoms with Crippen molar-refractivity contribution in [3.8, 4) is 0 Å². The molecule has 0 radical (unpaired) electrons. The second-order valence-corrected chi connectivity index (χ2v) is 7.89. The minimum atomic E-state index is -0.641. The van der Waals surface area contributed by atoms with Gasteiger partial charge in [-0.3, -0.25) is 24.4 Å². The summed E-state index contributed by atoms with van der Waals surface area (Å²) in [6.07, 6.45) is 10.0. The molecule has 0 spiro atoms. The zero-order valence-electron chi connectivity index (χ0n) is 19.2. The predicted molar refractivity (Wildman–Crippen MR) is 133 cm³/mol. The van der Waals surface area contributed by atoms with Gasteiger partial charge in [0.1, 0.15) is 5.92 Å². The lowest BCUT2D eigenvalue weighted by molar-refractivity contribution is -0.145. The van der Waals surface area contributed by atoms with Crippen LogP contribution in [0.25, 0.3) is 0 Å². The first kappa shape index (κ1) is 29.3. The number of esters is 1. The number of carbonyl (C=O) groups is 3. The third-order valence-electron chi connectivity index (χ3n) is 5.67. The van der Waals surface area contributed by atoms with Gasteiger partial charge in [-0.15, -0.1) is 24.8 Å². The summed E-state index contributed by atoms with van der Waals surface area (Å²) in [4.78, 5) is 47.5. The summed E-state index contributed by atoms with van der Waals surface area (Å²) in [6.45, 7) is 2.66. The van der Waals surface area contributed by atoms with Gasteiger partial charge in [0, 0.05) is 43.8 Å². The van der Waals surface area contributed by atoms with Crippen LogP contribution in [0.5, 0.6) is 0 Å². The number of hydrogen-bond donors (Lipinski definition) is 1. The molecule has 2 atom stereocenters. The molecule has 8 nitrogen and oxygen atoms in total. The molecule has 2 aromatic heterocycles. The molecule has 1 N–H and O–H groups in total. The Labute approximate surface area is 212 Å². The van der Waals surface area contributed by atoms with Crippen LogP contribution in [0.4, 0.5) is 0 Å². The maximum Gasteiger partial charge on any atom is 0.315 e. The molecule has 2 aromatic rings. The third-order valence-corrected chi connectivity index (χ3v) is 5.67. The van der Waals surface area contributed by atoms with E-state index in [9.17, 15) is 14.4 Å². The average molecular weight is 511 g/mol. The Hall–Kier alpha value is -2.71. The van der Waals surface area contributed by atoms with Gasteiger partial charge in [-0.2, -0.15) is 0 Å². The Morgan fingerprint density at radius 3 is 2.62 bits per heavy atom. The second kappa shape index (κ2) is 15.2. The van der Waals surface area contributed by atoms with Gasteiger partial charge in [-0.05, 0) is 61.9 Å². The van der Waals surface area contributed by atoms with E-state index in [0.29, 0.717) is 12.1 Å². The van der Waals surface area contributed by atoms with Crippen molar-refractivity contribution in [2.45, 2.75) is 38.5 Å². The van der Waals surface area contributed by atoms with Crippen LogP contribution in [-0.4, -0.2) is 58.9 Å². The van der Waals surface area contributed by atoms with Crippen LogP contribution >= 0.6 is 24.8 Å². The average Bonchev–Trinajstić information content (AvgIpc) is 2.81. The number of aromatic nitrogens is 2. The van der Waals surface area contributed by atoms with E-state index in [0.717, 1.165) is 31.2 Å². The molecule has 3 heterocycles. The predicted octanol–water partition coefficient (Wildman–Crippen LogP) is 2.95. The van der Waals surface area contributed by atoms with Crippen molar-refractivity contribution in [2.75, 3.05) is 26.2 Å². The van der Waals surface area contributed by atoms with Crippen LogP contribution in [0.1, 0.15) is 43.2 Å².